The Kier molecular flexibility index (Phi) is 4.67. The molecule has 1 spiro atoms. The van der Waals surface area contributed by atoms with Crippen molar-refractivity contribution in [2.24, 2.45) is 5.92 Å². The molecule has 2 aliphatic heterocycles. The third-order valence-electron chi connectivity index (χ3n) is 5.00. The molecule has 0 aromatic heterocycles. The van der Waals surface area contributed by atoms with E-state index in [1.165, 1.54) is 6.92 Å². The number of nitrogens with zero attached hydrogens (tertiary/aromatic N) is 1. The smallest absolute Gasteiger partial charge is 0.264 e. The molecule has 6 heteroatoms. The monoisotopic (exact) mass is 344 g/mol. The van der Waals surface area contributed by atoms with Crippen LogP contribution in [0.5, 0.6) is 0 Å². The highest BCUT2D eigenvalue weighted by Gasteiger charge is 2.59. The molecule has 1 aromatic rings. The number of rotatable bonds is 5. The van der Waals surface area contributed by atoms with Gasteiger partial charge in [-0.15, -0.1) is 6.58 Å². The van der Waals surface area contributed by atoms with Crippen LogP contribution in [0.25, 0.3) is 0 Å². The summed E-state index contributed by atoms with van der Waals surface area (Å²) in [7, 11) is 0. The normalized spacial score (nSPS) is 27.6. The van der Waals surface area contributed by atoms with Gasteiger partial charge >= 0.3 is 0 Å². The first kappa shape index (κ1) is 17.6. The summed E-state index contributed by atoms with van der Waals surface area (Å²) in [5, 5.41) is 12.0. The first-order valence-electron chi connectivity index (χ1n) is 8.57. The second-order valence-electron chi connectivity index (χ2n) is 6.74. The molecule has 0 unspecified atom stereocenters. The van der Waals surface area contributed by atoms with Crippen LogP contribution in [0.3, 0.4) is 0 Å². The average molecular weight is 344 g/mol. The van der Waals surface area contributed by atoms with Gasteiger partial charge in [0.05, 0.1) is 11.8 Å². The van der Waals surface area contributed by atoms with Gasteiger partial charge in [0.15, 0.2) is 5.60 Å². The van der Waals surface area contributed by atoms with Crippen LogP contribution in [0.15, 0.2) is 30.9 Å². The standard InChI is InChI=1S/C19H24N2O4/c1-4-8-21-17-6-5-14(20-13(3)23)11-16(17)19(18(21)24)12(2)10-15(25-19)7-9-22/h4-6,11-12,15,22H,1,7-10H2,2-3H3,(H,20,23)/t12-,15+,19+/m1/s1. The Bertz CT molecular complexity index is 717. The largest absolute Gasteiger partial charge is 0.396 e. The second kappa shape index (κ2) is 6.61. The molecular formula is C19H24N2O4. The summed E-state index contributed by atoms with van der Waals surface area (Å²) in [4.78, 5) is 26.3. The quantitative estimate of drug-likeness (QED) is 0.803. The SMILES string of the molecule is C=CCN1C(=O)[C@@]2(O[C@@H](CCO)C[C@H]2C)c2cc(NC(C)=O)ccc21. The van der Waals surface area contributed by atoms with Crippen LogP contribution >= 0.6 is 0 Å². The topological polar surface area (TPSA) is 78.9 Å². The van der Waals surface area contributed by atoms with Crippen LogP contribution in [-0.2, 0) is 19.9 Å². The summed E-state index contributed by atoms with van der Waals surface area (Å²) in [6.07, 6.45) is 2.73. The highest BCUT2D eigenvalue weighted by molar-refractivity contribution is 6.08. The predicted octanol–water partition coefficient (Wildman–Crippen LogP) is 2.18. The maximum atomic E-state index is 13.3. The third-order valence-corrected chi connectivity index (χ3v) is 5.00. The zero-order chi connectivity index (χ0) is 18.2. The minimum atomic E-state index is -1.06. The molecule has 0 aliphatic carbocycles. The van der Waals surface area contributed by atoms with E-state index >= 15 is 0 Å². The van der Waals surface area contributed by atoms with Gasteiger partial charge in [0.1, 0.15) is 0 Å². The van der Waals surface area contributed by atoms with Crippen LogP contribution < -0.4 is 10.2 Å². The van der Waals surface area contributed by atoms with E-state index in [1.807, 2.05) is 19.1 Å². The number of aliphatic hydroxyl groups is 1. The van der Waals surface area contributed by atoms with Gasteiger partial charge < -0.3 is 20.1 Å². The maximum absolute atomic E-state index is 13.3. The van der Waals surface area contributed by atoms with Crippen molar-refractivity contribution in [3.8, 4) is 0 Å². The number of nitrogens with one attached hydrogen (secondary N) is 1. The van der Waals surface area contributed by atoms with Crippen LogP contribution in [0.1, 0.15) is 32.3 Å². The van der Waals surface area contributed by atoms with E-state index < -0.39 is 5.60 Å². The average Bonchev–Trinajstić information content (AvgIpc) is 2.99. The Labute approximate surface area is 147 Å². The number of hydrogen-bond donors (Lipinski definition) is 2. The molecule has 1 fully saturated rings. The van der Waals surface area contributed by atoms with E-state index in [2.05, 4.69) is 11.9 Å². The summed E-state index contributed by atoms with van der Waals surface area (Å²) < 4.78 is 6.24. The number of hydrogen-bond acceptors (Lipinski definition) is 4. The molecule has 0 saturated carbocycles. The van der Waals surface area contributed by atoms with E-state index in [0.29, 0.717) is 25.1 Å². The highest BCUT2D eigenvalue weighted by Crippen LogP contribution is 2.53. The van der Waals surface area contributed by atoms with E-state index in [4.69, 9.17) is 4.74 Å². The van der Waals surface area contributed by atoms with Gasteiger partial charge in [0.25, 0.3) is 5.91 Å². The number of amides is 2. The zero-order valence-electron chi connectivity index (χ0n) is 14.6. The van der Waals surface area contributed by atoms with Gasteiger partial charge in [-0.25, -0.2) is 0 Å². The van der Waals surface area contributed by atoms with Crippen LogP contribution in [0.2, 0.25) is 0 Å². The lowest BCUT2D eigenvalue weighted by Gasteiger charge is -2.28. The summed E-state index contributed by atoms with van der Waals surface area (Å²) in [6.45, 7) is 7.61. The summed E-state index contributed by atoms with van der Waals surface area (Å²) in [5.74, 6) is -0.298. The van der Waals surface area contributed by atoms with Crippen molar-refractivity contribution < 1.29 is 19.4 Å². The first-order chi connectivity index (χ1) is 11.9. The van der Waals surface area contributed by atoms with Crippen LogP contribution in [0.4, 0.5) is 11.4 Å². The Hall–Kier alpha value is -2.18. The van der Waals surface area contributed by atoms with Crippen molar-refractivity contribution in [2.75, 3.05) is 23.4 Å². The van der Waals surface area contributed by atoms with Gasteiger partial charge in [-0.2, -0.15) is 0 Å². The Balaban J connectivity index is 2.09. The molecular weight excluding hydrogens is 320 g/mol. The summed E-state index contributed by atoms with van der Waals surface area (Å²) in [6, 6.07) is 5.45. The molecule has 2 amide bonds. The molecule has 1 saturated heterocycles. The Morgan fingerprint density at radius 1 is 1.56 bits per heavy atom. The van der Waals surface area contributed by atoms with Gasteiger partial charge in [0.2, 0.25) is 5.91 Å². The molecule has 2 heterocycles. The van der Waals surface area contributed by atoms with E-state index in [-0.39, 0.29) is 30.4 Å². The minimum absolute atomic E-state index is 0.0246. The summed E-state index contributed by atoms with van der Waals surface area (Å²) >= 11 is 0. The van der Waals surface area contributed by atoms with Crippen molar-refractivity contribution in [1.82, 2.24) is 0 Å². The van der Waals surface area contributed by atoms with Crippen molar-refractivity contribution in [3.05, 3.63) is 36.4 Å². The van der Waals surface area contributed by atoms with E-state index in [1.54, 1.807) is 17.0 Å². The minimum Gasteiger partial charge on any atom is -0.396 e. The molecule has 25 heavy (non-hydrogen) atoms. The number of anilines is 2. The fraction of sp³-hybridized carbons (Fsp3) is 0.474. The van der Waals surface area contributed by atoms with Crippen molar-refractivity contribution in [3.63, 3.8) is 0 Å². The van der Waals surface area contributed by atoms with Gasteiger partial charge in [0, 0.05) is 37.2 Å². The zero-order valence-corrected chi connectivity index (χ0v) is 14.6. The van der Waals surface area contributed by atoms with E-state index in [9.17, 15) is 14.7 Å². The number of benzene rings is 1. The van der Waals surface area contributed by atoms with Gasteiger partial charge in [-0.05, 0) is 31.0 Å². The fourth-order valence-corrected chi connectivity index (χ4v) is 3.98. The highest BCUT2D eigenvalue weighted by atomic mass is 16.5. The molecule has 134 valence electrons. The maximum Gasteiger partial charge on any atom is 0.264 e. The molecule has 3 rings (SSSR count). The number of carbonyl (C=O) groups is 2. The lowest BCUT2D eigenvalue weighted by atomic mass is 9.83. The van der Waals surface area contributed by atoms with Crippen LogP contribution in [-0.4, -0.2) is 36.2 Å². The number of fused-ring (bicyclic) bond motifs is 2. The molecule has 0 radical (unpaired) electrons. The van der Waals surface area contributed by atoms with Crippen molar-refractivity contribution in [2.45, 2.75) is 38.4 Å². The first-order valence-corrected chi connectivity index (χ1v) is 8.57. The molecule has 6 nitrogen and oxygen atoms in total. The molecule has 2 aliphatic rings. The predicted molar refractivity (Wildman–Crippen MR) is 95.3 cm³/mol. The third kappa shape index (κ3) is 2.75. The van der Waals surface area contributed by atoms with Gasteiger partial charge in [-0.3, -0.25) is 9.59 Å². The lowest BCUT2D eigenvalue weighted by molar-refractivity contribution is -0.146. The van der Waals surface area contributed by atoms with Crippen molar-refractivity contribution in [1.29, 1.82) is 0 Å². The molecule has 3 atom stereocenters. The molecule has 2 N–H and O–H groups in total. The number of ether oxygens (including phenoxy) is 1. The summed E-state index contributed by atoms with van der Waals surface area (Å²) in [5.41, 5.74) is 1.14. The van der Waals surface area contributed by atoms with Crippen molar-refractivity contribution >= 4 is 23.2 Å². The second-order valence-corrected chi connectivity index (χ2v) is 6.74. The van der Waals surface area contributed by atoms with Gasteiger partial charge in [-0.1, -0.05) is 13.0 Å². The Morgan fingerprint density at radius 2 is 2.32 bits per heavy atom. The lowest BCUT2D eigenvalue weighted by Crippen LogP contribution is -2.44. The fourth-order valence-electron chi connectivity index (χ4n) is 3.98. The Morgan fingerprint density at radius 3 is 2.96 bits per heavy atom. The molecule has 0 bridgehead atoms. The van der Waals surface area contributed by atoms with Crippen LogP contribution in [0, 0.1) is 5.92 Å². The number of aliphatic hydroxyl groups excluding tert-OH is 1. The molecule has 1 aromatic carbocycles. The number of carbonyl (C=O) groups excluding carboxylic acids is 2. The van der Waals surface area contributed by atoms with E-state index in [0.717, 1.165) is 11.3 Å².